The van der Waals surface area contributed by atoms with Crippen LogP contribution in [0.1, 0.15) is 79.6 Å². The average molecular weight is 497 g/mol. The molecule has 4 aromatic carbocycles. The molecule has 0 radical (unpaired) electrons. The van der Waals surface area contributed by atoms with Gasteiger partial charge in [0, 0.05) is 0 Å². The van der Waals surface area contributed by atoms with E-state index in [0.717, 1.165) is 25.7 Å². The predicted molar refractivity (Wildman–Crippen MR) is 169 cm³/mol. The Morgan fingerprint density at radius 1 is 0.351 bits per heavy atom. The van der Waals surface area contributed by atoms with E-state index in [0.29, 0.717) is 0 Å². The zero-order valence-corrected chi connectivity index (χ0v) is 24.1. The first-order valence-electron chi connectivity index (χ1n) is 13.5. The van der Waals surface area contributed by atoms with Gasteiger partial charge in [0.25, 0.3) is 0 Å². The molecule has 4 rings (SSSR count). The topological polar surface area (TPSA) is 0 Å². The van der Waals surface area contributed by atoms with Crippen molar-refractivity contribution in [1.29, 1.82) is 0 Å². The SMILES string of the molecule is C.CCc1ccc(CC)cc1.CCc1cccc(CC)c1.Cc1ccc(C)cc1.Cc1cccc(C)c1. The van der Waals surface area contributed by atoms with E-state index in [-0.39, 0.29) is 7.43 Å². The van der Waals surface area contributed by atoms with Crippen molar-refractivity contribution in [1.82, 2.24) is 0 Å². The third-order valence-electron chi connectivity index (χ3n) is 6.04. The molecule has 0 saturated heterocycles. The van der Waals surface area contributed by atoms with E-state index in [4.69, 9.17) is 0 Å². The van der Waals surface area contributed by atoms with Gasteiger partial charge in [0.1, 0.15) is 0 Å². The summed E-state index contributed by atoms with van der Waals surface area (Å²) in [5.74, 6) is 0. The summed E-state index contributed by atoms with van der Waals surface area (Å²) in [6.45, 7) is 17.1. The summed E-state index contributed by atoms with van der Waals surface area (Å²) in [6.07, 6.45) is 4.58. The Morgan fingerprint density at radius 2 is 0.676 bits per heavy atom. The highest BCUT2D eigenvalue weighted by molar-refractivity contribution is 5.24. The van der Waals surface area contributed by atoms with Crippen LogP contribution >= 0.6 is 0 Å². The fourth-order valence-corrected chi connectivity index (χ4v) is 3.52. The molecule has 0 amide bonds. The maximum atomic E-state index is 2.28. The summed E-state index contributed by atoms with van der Waals surface area (Å²) in [4.78, 5) is 0. The van der Waals surface area contributed by atoms with Crippen LogP contribution in [0.3, 0.4) is 0 Å². The molecule has 0 spiro atoms. The molecule has 0 heteroatoms. The minimum atomic E-state index is 0. The highest BCUT2D eigenvalue weighted by Crippen LogP contribution is 2.06. The van der Waals surface area contributed by atoms with Crippen molar-refractivity contribution in [3.8, 4) is 0 Å². The van der Waals surface area contributed by atoms with Gasteiger partial charge in [0.15, 0.2) is 0 Å². The van der Waals surface area contributed by atoms with Crippen molar-refractivity contribution < 1.29 is 0 Å². The number of aryl methyl sites for hydroxylation is 8. The van der Waals surface area contributed by atoms with Crippen LogP contribution in [0.4, 0.5) is 0 Å². The molecule has 0 saturated carbocycles. The van der Waals surface area contributed by atoms with Crippen LogP contribution in [-0.2, 0) is 25.7 Å². The zero-order valence-electron chi connectivity index (χ0n) is 24.1. The van der Waals surface area contributed by atoms with Gasteiger partial charge in [-0.05, 0) is 75.6 Å². The lowest BCUT2D eigenvalue weighted by atomic mass is 10.1. The molecule has 0 aromatic heterocycles. The lowest BCUT2D eigenvalue weighted by Crippen LogP contribution is -1.83. The lowest BCUT2D eigenvalue weighted by Gasteiger charge is -1.98. The fraction of sp³-hybridized carbons (Fsp3) is 0.351. The number of rotatable bonds is 4. The van der Waals surface area contributed by atoms with Gasteiger partial charge in [-0.15, -0.1) is 0 Å². The first-order valence-corrected chi connectivity index (χ1v) is 13.5. The third-order valence-corrected chi connectivity index (χ3v) is 6.04. The van der Waals surface area contributed by atoms with Crippen molar-refractivity contribution in [3.05, 3.63) is 142 Å². The fourth-order valence-electron chi connectivity index (χ4n) is 3.52. The van der Waals surface area contributed by atoms with E-state index in [9.17, 15) is 0 Å². The second-order valence-corrected chi connectivity index (χ2v) is 9.36. The Bertz CT molecular complexity index is 1000. The van der Waals surface area contributed by atoms with E-state index < -0.39 is 0 Å². The van der Waals surface area contributed by atoms with Crippen molar-refractivity contribution in [2.75, 3.05) is 0 Å². The minimum Gasteiger partial charge on any atom is -0.0776 e. The zero-order chi connectivity index (χ0) is 26.8. The smallest absolute Gasteiger partial charge is 0.0307 e. The van der Waals surface area contributed by atoms with Gasteiger partial charge in [-0.3, -0.25) is 0 Å². The molecule has 0 aliphatic heterocycles. The molecule has 0 aliphatic rings. The first-order chi connectivity index (χ1) is 17.3. The van der Waals surface area contributed by atoms with Crippen molar-refractivity contribution in [2.45, 2.75) is 88.5 Å². The molecule has 0 bridgehead atoms. The second-order valence-electron chi connectivity index (χ2n) is 9.36. The van der Waals surface area contributed by atoms with Gasteiger partial charge in [-0.25, -0.2) is 0 Å². The molecule has 0 aliphatic carbocycles. The highest BCUT2D eigenvalue weighted by Gasteiger charge is 1.90. The van der Waals surface area contributed by atoms with Crippen molar-refractivity contribution in [3.63, 3.8) is 0 Å². The number of benzene rings is 4. The Balaban J connectivity index is 0.000000465. The largest absolute Gasteiger partial charge is 0.0776 e. The maximum absolute atomic E-state index is 2.28. The van der Waals surface area contributed by atoms with Gasteiger partial charge >= 0.3 is 0 Å². The van der Waals surface area contributed by atoms with Gasteiger partial charge in [0.05, 0.1) is 0 Å². The first kappa shape index (κ1) is 33.9. The Morgan fingerprint density at radius 3 is 0.946 bits per heavy atom. The monoisotopic (exact) mass is 496 g/mol. The van der Waals surface area contributed by atoms with Crippen LogP contribution < -0.4 is 0 Å². The predicted octanol–water partition coefficient (Wildman–Crippen LogP) is 10.9. The Kier molecular flexibility index (Phi) is 18.3. The molecule has 200 valence electrons. The number of hydrogen-bond donors (Lipinski definition) is 0. The molecule has 0 unspecified atom stereocenters. The van der Waals surface area contributed by atoms with Crippen LogP contribution in [0.5, 0.6) is 0 Å². The highest BCUT2D eigenvalue weighted by atomic mass is 14.0. The average Bonchev–Trinajstić information content (AvgIpc) is 2.91. The molecule has 0 N–H and O–H groups in total. The molecular formula is C37H52. The summed E-state index contributed by atoms with van der Waals surface area (Å²) in [7, 11) is 0. The minimum absolute atomic E-state index is 0. The van der Waals surface area contributed by atoms with E-state index in [1.54, 1.807) is 0 Å². The van der Waals surface area contributed by atoms with E-state index in [1.807, 2.05) is 0 Å². The molecule has 4 aromatic rings. The maximum Gasteiger partial charge on any atom is -0.0307 e. The quantitative estimate of drug-likeness (QED) is 0.263. The molecule has 0 nitrogen and oxygen atoms in total. The Labute approximate surface area is 229 Å². The van der Waals surface area contributed by atoms with Crippen molar-refractivity contribution >= 4 is 0 Å². The Hall–Kier alpha value is -3.12. The van der Waals surface area contributed by atoms with Gasteiger partial charge in [0.2, 0.25) is 0 Å². The van der Waals surface area contributed by atoms with Gasteiger partial charge in [-0.1, -0.05) is 154 Å². The standard InChI is InChI=1S/2C10H14.2C8H10.CH4/c1-3-9-5-7-10(4-2)8-6-9;1-3-9-6-5-7-10(4-2)8-9;1-7-3-5-8(2)6-4-7;1-7-4-3-5-8(2)6-7;/h2*5-8H,3-4H2,1-2H3;2*3-6H,1-2H3;1H4. The molecule has 0 fully saturated rings. The summed E-state index contributed by atoms with van der Waals surface area (Å²) in [5, 5.41) is 0. The van der Waals surface area contributed by atoms with E-state index in [1.165, 1.54) is 44.5 Å². The summed E-state index contributed by atoms with van der Waals surface area (Å²) in [6, 6.07) is 34.5. The second kappa shape index (κ2) is 20.0. The van der Waals surface area contributed by atoms with Gasteiger partial charge < -0.3 is 0 Å². The van der Waals surface area contributed by atoms with Crippen LogP contribution in [0, 0.1) is 27.7 Å². The van der Waals surface area contributed by atoms with Gasteiger partial charge in [-0.2, -0.15) is 0 Å². The lowest BCUT2D eigenvalue weighted by molar-refractivity contribution is 1.09. The third kappa shape index (κ3) is 15.6. The van der Waals surface area contributed by atoms with Crippen LogP contribution in [-0.4, -0.2) is 0 Å². The van der Waals surface area contributed by atoms with Crippen LogP contribution in [0.25, 0.3) is 0 Å². The van der Waals surface area contributed by atoms with E-state index >= 15 is 0 Å². The number of hydrogen-bond acceptors (Lipinski definition) is 0. The van der Waals surface area contributed by atoms with Crippen LogP contribution in [0.2, 0.25) is 0 Å². The summed E-state index contributed by atoms with van der Waals surface area (Å²) in [5.41, 5.74) is 11.1. The van der Waals surface area contributed by atoms with E-state index in [2.05, 4.69) is 152 Å². The summed E-state index contributed by atoms with van der Waals surface area (Å²) >= 11 is 0. The molecule has 0 atom stereocenters. The summed E-state index contributed by atoms with van der Waals surface area (Å²) < 4.78 is 0. The molecule has 37 heavy (non-hydrogen) atoms. The van der Waals surface area contributed by atoms with Crippen molar-refractivity contribution in [2.24, 2.45) is 0 Å². The van der Waals surface area contributed by atoms with Crippen LogP contribution in [0.15, 0.2) is 97.1 Å². The molecule has 0 heterocycles. The molecular weight excluding hydrogens is 444 g/mol. The normalized spacial score (nSPS) is 9.30.